The van der Waals surface area contributed by atoms with Crippen LogP contribution in [-0.2, 0) is 10.3 Å². The number of rotatable bonds is 3. The quantitative estimate of drug-likeness (QED) is 0.378. The van der Waals surface area contributed by atoms with Crippen molar-refractivity contribution in [3.05, 3.63) is 0 Å². The van der Waals surface area contributed by atoms with Crippen LogP contribution in [0.15, 0.2) is 0 Å². The van der Waals surface area contributed by atoms with Crippen LogP contribution >= 0.6 is 0 Å². The topological polar surface area (TPSA) is 69.2 Å². The fraction of sp³-hybridized carbons (Fsp3) is 1.00. The van der Waals surface area contributed by atoms with E-state index in [-0.39, 0.29) is 18.9 Å². The standard InChI is InChI=1S/C4H13NO3SSi.Li/c1-10(2,3)4-5-9(6,7)8;/h5H,4H2,1-3H3,(H,6,7,8);/q;+1/p-1. The monoisotopic (exact) mass is 189 g/mol. The van der Waals surface area contributed by atoms with Gasteiger partial charge in [-0.25, -0.2) is 13.1 Å². The van der Waals surface area contributed by atoms with Gasteiger partial charge < -0.3 is 4.55 Å². The fourth-order valence-corrected chi connectivity index (χ4v) is 2.74. The molecule has 11 heavy (non-hydrogen) atoms. The van der Waals surface area contributed by atoms with Crippen molar-refractivity contribution in [1.82, 2.24) is 4.72 Å². The maximum atomic E-state index is 10.0. The molecule has 0 radical (unpaired) electrons. The molecule has 0 atom stereocenters. The number of nitrogens with one attached hydrogen (secondary N) is 1. The van der Waals surface area contributed by atoms with E-state index in [4.69, 9.17) is 0 Å². The normalized spacial score (nSPS) is 12.4. The Hall–Kier alpha value is 0.684. The van der Waals surface area contributed by atoms with Crippen LogP contribution in [-0.4, -0.2) is 27.2 Å². The first-order chi connectivity index (χ1) is 4.21. The van der Waals surface area contributed by atoms with E-state index in [9.17, 15) is 13.0 Å². The summed E-state index contributed by atoms with van der Waals surface area (Å²) in [5.74, 6) is 0. The summed E-state index contributed by atoms with van der Waals surface area (Å²) in [6, 6.07) is 0. The summed E-state index contributed by atoms with van der Waals surface area (Å²) in [4.78, 5) is 0. The smallest absolute Gasteiger partial charge is 0.735 e. The molecule has 0 aromatic carbocycles. The molecule has 0 heterocycles. The second kappa shape index (κ2) is 4.65. The van der Waals surface area contributed by atoms with E-state index < -0.39 is 18.4 Å². The second-order valence-corrected chi connectivity index (χ2v) is 10.0. The average Bonchev–Trinajstić information content (AvgIpc) is 1.57. The summed E-state index contributed by atoms with van der Waals surface area (Å²) in [6.45, 7) is 5.93. The summed E-state index contributed by atoms with van der Waals surface area (Å²) < 4.78 is 32.0. The van der Waals surface area contributed by atoms with E-state index in [0.717, 1.165) is 0 Å². The fourth-order valence-electron chi connectivity index (χ4n) is 0.305. The first kappa shape index (κ1) is 14.2. The van der Waals surface area contributed by atoms with Gasteiger partial charge in [-0.3, -0.25) is 0 Å². The van der Waals surface area contributed by atoms with Crippen molar-refractivity contribution in [2.75, 3.05) is 6.17 Å². The van der Waals surface area contributed by atoms with E-state index in [0.29, 0.717) is 6.17 Å². The zero-order valence-electron chi connectivity index (χ0n) is 7.34. The van der Waals surface area contributed by atoms with Gasteiger partial charge in [-0.1, -0.05) is 19.6 Å². The van der Waals surface area contributed by atoms with Crippen molar-refractivity contribution in [2.45, 2.75) is 19.6 Å². The van der Waals surface area contributed by atoms with E-state index >= 15 is 0 Å². The molecule has 62 valence electrons. The zero-order chi connectivity index (χ0) is 8.41. The minimum Gasteiger partial charge on any atom is -0.735 e. The Balaban J connectivity index is 0. The molecule has 0 unspecified atom stereocenters. The largest absolute Gasteiger partial charge is 1.00 e. The predicted molar refractivity (Wildman–Crippen MR) is 41.0 cm³/mol. The van der Waals surface area contributed by atoms with Crippen LogP contribution in [0.3, 0.4) is 0 Å². The third-order valence-corrected chi connectivity index (χ3v) is 2.77. The van der Waals surface area contributed by atoms with E-state index in [1.54, 1.807) is 0 Å². The molecule has 0 aliphatic heterocycles. The molecular weight excluding hydrogens is 177 g/mol. The molecule has 1 N–H and O–H groups in total. The van der Waals surface area contributed by atoms with Gasteiger partial charge in [0.25, 0.3) is 0 Å². The Kier molecular flexibility index (Phi) is 6.01. The van der Waals surface area contributed by atoms with Crippen LogP contribution in [0.5, 0.6) is 0 Å². The summed E-state index contributed by atoms with van der Waals surface area (Å²) in [5, 5.41) is 0. The third-order valence-electron chi connectivity index (χ3n) is 0.779. The molecule has 0 spiro atoms. The van der Waals surface area contributed by atoms with Crippen molar-refractivity contribution in [3.8, 4) is 0 Å². The molecule has 0 fully saturated rings. The van der Waals surface area contributed by atoms with Crippen LogP contribution < -0.4 is 23.6 Å². The van der Waals surface area contributed by atoms with Crippen LogP contribution in [0, 0.1) is 0 Å². The van der Waals surface area contributed by atoms with Crippen LogP contribution in [0.2, 0.25) is 19.6 Å². The van der Waals surface area contributed by atoms with Crippen LogP contribution in [0.25, 0.3) is 0 Å². The van der Waals surface area contributed by atoms with Gasteiger partial charge in [0.15, 0.2) is 10.3 Å². The van der Waals surface area contributed by atoms with E-state index in [1.807, 2.05) is 24.4 Å². The Bertz CT molecular complexity index is 198. The van der Waals surface area contributed by atoms with Gasteiger partial charge in [-0.15, -0.1) is 0 Å². The first-order valence-electron chi connectivity index (χ1n) is 2.91. The van der Waals surface area contributed by atoms with E-state index in [1.165, 1.54) is 0 Å². The first-order valence-corrected chi connectivity index (χ1v) is 8.03. The molecule has 7 heteroatoms. The van der Waals surface area contributed by atoms with Crippen molar-refractivity contribution < 1.29 is 31.8 Å². The summed E-state index contributed by atoms with van der Waals surface area (Å²) in [6.07, 6.45) is 0.318. The Morgan fingerprint density at radius 2 is 1.73 bits per heavy atom. The average molecular weight is 189 g/mol. The van der Waals surface area contributed by atoms with Gasteiger partial charge in [0.1, 0.15) is 0 Å². The molecule has 0 aromatic rings. The molecule has 0 bridgehead atoms. The molecule has 4 nitrogen and oxygen atoms in total. The van der Waals surface area contributed by atoms with Crippen molar-refractivity contribution in [2.24, 2.45) is 0 Å². The molecule has 0 saturated carbocycles. The number of hydrogen-bond acceptors (Lipinski definition) is 3. The van der Waals surface area contributed by atoms with Gasteiger partial charge in [0, 0.05) is 6.17 Å². The van der Waals surface area contributed by atoms with Gasteiger partial charge in [0.05, 0.1) is 8.07 Å². The van der Waals surface area contributed by atoms with Gasteiger partial charge in [-0.05, 0) is 0 Å². The maximum Gasteiger partial charge on any atom is 1.00 e. The minimum atomic E-state index is -4.22. The summed E-state index contributed by atoms with van der Waals surface area (Å²) in [7, 11) is -5.68. The predicted octanol–water partition coefficient (Wildman–Crippen LogP) is -3.08. The molecule has 0 saturated heterocycles. The van der Waals surface area contributed by atoms with Crippen molar-refractivity contribution in [3.63, 3.8) is 0 Å². The molecule has 0 aliphatic rings. The van der Waals surface area contributed by atoms with Crippen molar-refractivity contribution >= 4 is 18.4 Å². The molecule has 0 amide bonds. The Morgan fingerprint density at radius 3 is 1.82 bits per heavy atom. The third kappa shape index (κ3) is 13.6. The SMILES string of the molecule is C[Si](C)(C)CNS(=O)(=O)[O-].[Li+]. The van der Waals surface area contributed by atoms with Gasteiger partial charge in [-0.2, -0.15) is 0 Å². The Morgan fingerprint density at radius 1 is 1.36 bits per heavy atom. The van der Waals surface area contributed by atoms with Gasteiger partial charge in [0.2, 0.25) is 0 Å². The molecular formula is C4H12LiNO3SSi. The molecule has 0 aliphatic carbocycles. The summed E-state index contributed by atoms with van der Waals surface area (Å²) >= 11 is 0. The van der Waals surface area contributed by atoms with Crippen LogP contribution in [0.4, 0.5) is 0 Å². The molecule has 0 aromatic heterocycles. The van der Waals surface area contributed by atoms with Crippen LogP contribution in [0.1, 0.15) is 0 Å². The Labute approximate surface area is 80.8 Å². The van der Waals surface area contributed by atoms with Gasteiger partial charge >= 0.3 is 18.9 Å². The summed E-state index contributed by atoms with van der Waals surface area (Å²) in [5.41, 5.74) is 0. The maximum absolute atomic E-state index is 10.0. The van der Waals surface area contributed by atoms with E-state index in [2.05, 4.69) is 0 Å². The second-order valence-electron chi connectivity index (χ2n) is 3.34. The minimum absolute atomic E-state index is 0. The zero-order valence-corrected chi connectivity index (χ0v) is 9.16. The van der Waals surface area contributed by atoms with Crippen molar-refractivity contribution in [1.29, 1.82) is 0 Å². The number of hydrogen-bond donors (Lipinski definition) is 1. The molecule has 0 rings (SSSR count).